The molecule has 2 aromatic carbocycles. The molecule has 0 aliphatic carbocycles. The van der Waals surface area contributed by atoms with Gasteiger partial charge in [0.05, 0.1) is 11.5 Å². The number of primary sulfonamides is 1. The van der Waals surface area contributed by atoms with Crippen LogP contribution in [0.15, 0.2) is 41.3 Å². The average Bonchev–Trinajstić information content (AvgIpc) is 2.62. The first-order valence-electron chi connectivity index (χ1n) is 8.62. The van der Waals surface area contributed by atoms with Crippen LogP contribution < -0.4 is 14.6 Å². The van der Waals surface area contributed by atoms with Gasteiger partial charge in [-0.15, -0.1) is 0 Å². The Bertz CT molecular complexity index is 996. The van der Waals surface area contributed by atoms with Gasteiger partial charge in [0.25, 0.3) is 5.91 Å². The summed E-state index contributed by atoms with van der Waals surface area (Å²) < 4.78 is 57.9. The number of ether oxygens (including phenoxy) is 2. The van der Waals surface area contributed by atoms with E-state index in [0.717, 1.165) is 0 Å². The number of hydrogen-bond donors (Lipinski definition) is 1. The van der Waals surface area contributed by atoms with Crippen molar-refractivity contribution in [3.05, 3.63) is 53.1 Å². The van der Waals surface area contributed by atoms with Crippen molar-refractivity contribution >= 4 is 15.9 Å². The van der Waals surface area contributed by atoms with Crippen LogP contribution >= 0.6 is 0 Å². The molecule has 0 aliphatic heterocycles. The Morgan fingerprint density at radius 3 is 2.45 bits per heavy atom. The van der Waals surface area contributed by atoms with Gasteiger partial charge >= 0.3 is 6.61 Å². The molecule has 1 amide bonds. The maximum Gasteiger partial charge on any atom is 0.387 e. The number of sulfonamides is 1. The second-order valence-electron chi connectivity index (χ2n) is 6.28. The molecule has 2 N–H and O–H groups in total. The Morgan fingerprint density at radius 2 is 1.86 bits per heavy atom. The van der Waals surface area contributed by atoms with Crippen LogP contribution in [0.25, 0.3) is 0 Å². The SMILES string of the molecule is CCOc1cc(CN(C)C(=O)c2cc(S(N)(=O)=O)ccc2C)ccc1OC(F)F. The Kier molecular flexibility index (Phi) is 7.15. The van der Waals surface area contributed by atoms with Crippen LogP contribution in [-0.2, 0) is 16.6 Å². The molecule has 0 saturated carbocycles. The fourth-order valence-electron chi connectivity index (χ4n) is 2.67. The number of carbonyl (C=O) groups excluding carboxylic acids is 1. The summed E-state index contributed by atoms with van der Waals surface area (Å²) in [6.07, 6.45) is 0. The molecule has 158 valence electrons. The highest BCUT2D eigenvalue weighted by Gasteiger charge is 2.19. The minimum absolute atomic E-state index is 0.101. The van der Waals surface area contributed by atoms with Crippen LogP contribution in [0.4, 0.5) is 8.78 Å². The van der Waals surface area contributed by atoms with Gasteiger partial charge in [-0.05, 0) is 49.2 Å². The average molecular weight is 428 g/mol. The van der Waals surface area contributed by atoms with Crippen LogP contribution in [-0.4, -0.2) is 39.5 Å². The van der Waals surface area contributed by atoms with Crippen molar-refractivity contribution in [2.24, 2.45) is 5.14 Å². The molecule has 0 spiro atoms. The molecule has 0 saturated heterocycles. The summed E-state index contributed by atoms with van der Waals surface area (Å²) in [7, 11) is -2.41. The van der Waals surface area contributed by atoms with Crippen molar-refractivity contribution in [1.29, 1.82) is 0 Å². The van der Waals surface area contributed by atoms with Gasteiger partial charge in [-0.1, -0.05) is 12.1 Å². The van der Waals surface area contributed by atoms with Crippen LogP contribution in [0.2, 0.25) is 0 Å². The van der Waals surface area contributed by atoms with Crippen LogP contribution in [0.3, 0.4) is 0 Å². The lowest BCUT2D eigenvalue weighted by Crippen LogP contribution is -2.27. The third kappa shape index (κ3) is 5.88. The van der Waals surface area contributed by atoms with Gasteiger partial charge in [-0.2, -0.15) is 8.78 Å². The Morgan fingerprint density at radius 1 is 1.17 bits per heavy atom. The molecular formula is C19H22F2N2O5S. The number of rotatable bonds is 8. The first kappa shape index (κ1) is 22.6. The van der Waals surface area contributed by atoms with E-state index in [-0.39, 0.29) is 35.1 Å². The number of carbonyl (C=O) groups is 1. The number of benzene rings is 2. The highest BCUT2D eigenvalue weighted by atomic mass is 32.2. The van der Waals surface area contributed by atoms with Gasteiger partial charge in [0.1, 0.15) is 0 Å². The molecule has 0 heterocycles. The standard InChI is InChI=1S/C19H22F2N2O5S/c1-4-27-17-9-13(6-8-16(17)28-19(20)21)11-23(3)18(24)15-10-14(29(22,25)26)7-5-12(15)2/h5-10,19H,4,11H2,1-3H3,(H2,22,25,26). The van der Waals surface area contributed by atoms with Gasteiger partial charge in [-0.3, -0.25) is 4.79 Å². The lowest BCUT2D eigenvalue weighted by molar-refractivity contribution is -0.0514. The first-order chi connectivity index (χ1) is 13.5. The molecule has 0 unspecified atom stereocenters. The number of amides is 1. The molecule has 10 heteroatoms. The predicted octanol–water partition coefficient (Wildman–Crippen LogP) is 2.91. The number of aryl methyl sites for hydroxylation is 1. The third-order valence-corrected chi connectivity index (χ3v) is 4.97. The van der Waals surface area contributed by atoms with Crippen molar-refractivity contribution in [2.45, 2.75) is 31.9 Å². The zero-order valence-corrected chi connectivity index (χ0v) is 17.0. The molecule has 0 fully saturated rings. The van der Waals surface area contributed by atoms with Gasteiger partial charge in [0.2, 0.25) is 10.0 Å². The Labute approximate surface area is 168 Å². The van der Waals surface area contributed by atoms with Gasteiger partial charge in [0.15, 0.2) is 11.5 Å². The lowest BCUT2D eigenvalue weighted by Gasteiger charge is -2.20. The van der Waals surface area contributed by atoms with Gasteiger partial charge in [-0.25, -0.2) is 13.6 Å². The second-order valence-corrected chi connectivity index (χ2v) is 7.84. The topological polar surface area (TPSA) is 98.9 Å². The fourth-order valence-corrected chi connectivity index (χ4v) is 3.21. The van der Waals surface area contributed by atoms with E-state index in [4.69, 9.17) is 9.88 Å². The molecule has 0 aromatic heterocycles. The quantitative estimate of drug-likeness (QED) is 0.697. The first-order valence-corrected chi connectivity index (χ1v) is 10.2. The van der Waals surface area contributed by atoms with E-state index >= 15 is 0 Å². The maximum atomic E-state index is 12.8. The molecule has 0 aliphatic rings. The summed E-state index contributed by atoms with van der Waals surface area (Å²) in [5.74, 6) is -0.381. The van der Waals surface area contributed by atoms with Crippen molar-refractivity contribution < 1.29 is 31.5 Å². The monoisotopic (exact) mass is 428 g/mol. The molecular weight excluding hydrogens is 406 g/mol. The minimum Gasteiger partial charge on any atom is -0.490 e. The fraction of sp³-hybridized carbons (Fsp3) is 0.316. The third-order valence-electron chi connectivity index (χ3n) is 4.06. The zero-order valence-electron chi connectivity index (χ0n) is 16.2. The summed E-state index contributed by atoms with van der Waals surface area (Å²) in [5.41, 5.74) is 1.40. The molecule has 0 atom stereocenters. The summed E-state index contributed by atoms with van der Waals surface area (Å²) >= 11 is 0. The van der Waals surface area contributed by atoms with E-state index in [9.17, 15) is 22.0 Å². The van der Waals surface area contributed by atoms with Gasteiger partial charge in [0, 0.05) is 19.2 Å². The number of nitrogens with two attached hydrogens (primary N) is 1. The predicted molar refractivity (Wildman–Crippen MR) is 103 cm³/mol. The van der Waals surface area contributed by atoms with Crippen LogP contribution in [0.5, 0.6) is 11.5 Å². The lowest BCUT2D eigenvalue weighted by atomic mass is 10.1. The maximum absolute atomic E-state index is 12.8. The van der Waals surface area contributed by atoms with E-state index in [1.54, 1.807) is 13.8 Å². The van der Waals surface area contributed by atoms with Crippen LogP contribution in [0, 0.1) is 6.92 Å². The van der Waals surface area contributed by atoms with Gasteiger partial charge < -0.3 is 14.4 Å². The van der Waals surface area contributed by atoms with Crippen molar-refractivity contribution in [3.8, 4) is 11.5 Å². The summed E-state index contributed by atoms with van der Waals surface area (Å²) in [6, 6.07) is 8.46. The van der Waals surface area contributed by atoms with Crippen molar-refractivity contribution in [2.75, 3.05) is 13.7 Å². The Balaban J connectivity index is 2.27. The van der Waals surface area contributed by atoms with E-state index in [2.05, 4.69) is 4.74 Å². The normalized spacial score (nSPS) is 11.4. The molecule has 2 rings (SSSR count). The van der Waals surface area contributed by atoms with E-state index in [1.165, 1.54) is 48.3 Å². The summed E-state index contributed by atoms with van der Waals surface area (Å²) in [6.45, 7) is 0.774. The number of hydrogen-bond acceptors (Lipinski definition) is 5. The van der Waals surface area contributed by atoms with Crippen molar-refractivity contribution in [1.82, 2.24) is 4.90 Å². The highest BCUT2D eigenvalue weighted by Crippen LogP contribution is 2.30. The van der Waals surface area contributed by atoms with E-state index < -0.39 is 22.5 Å². The largest absolute Gasteiger partial charge is 0.490 e. The van der Waals surface area contributed by atoms with Crippen molar-refractivity contribution in [3.63, 3.8) is 0 Å². The molecule has 29 heavy (non-hydrogen) atoms. The number of halogens is 2. The smallest absolute Gasteiger partial charge is 0.387 e. The zero-order chi connectivity index (χ0) is 21.8. The van der Waals surface area contributed by atoms with E-state index in [1.807, 2.05) is 0 Å². The number of alkyl halides is 2. The number of nitrogens with zero attached hydrogens (tertiary/aromatic N) is 1. The molecule has 7 nitrogen and oxygen atoms in total. The molecule has 0 bridgehead atoms. The van der Waals surface area contributed by atoms with E-state index in [0.29, 0.717) is 11.1 Å². The summed E-state index contributed by atoms with van der Waals surface area (Å²) in [4.78, 5) is 14.0. The minimum atomic E-state index is -3.95. The van der Waals surface area contributed by atoms with Crippen LogP contribution in [0.1, 0.15) is 28.4 Å². The summed E-state index contributed by atoms with van der Waals surface area (Å²) in [5, 5.41) is 5.14. The second kappa shape index (κ2) is 9.19. The molecule has 2 aromatic rings. The Hall–Kier alpha value is -2.72. The highest BCUT2D eigenvalue weighted by molar-refractivity contribution is 7.89. The molecule has 0 radical (unpaired) electrons.